The Kier molecular flexibility index (Phi) is 6.52. The van der Waals surface area contributed by atoms with Crippen LogP contribution in [0, 0.1) is 6.92 Å². The molecular weight excluding hydrogens is 382 g/mol. The van der Waals surface area contributed by atoms with Gasteiger partial charge in [0.25, 0.3) is 11.7 Å². The third-order valence-electron chi connectivity index (χ3n) is 5.12. The molecule has 1 aliphatic heterocycles. The second-order valence-electron chi connectivity index (χ2n) is 7.61. The average molecular weight is 409 g/mol. The Morgan fingerprint density at radius 3 is 2.63 bits per heavy atom. The predicted molar refractivity (Wildman–Crippen MR) is 114 cm³/mol. The number of ether oxygens (including phenoxy) is 1. The number of amides is 1. The fourth-order valence-corrected chi connectivity index (χ4v) is 3.67. The fraction of sp³-hybridized carbons (Fsp3) is 0.348. The largest absolute Gasteiger partial charge is 0.507 e. The quantitative estimate of drug-likeness (QED) is 0.430. The maximum absolute atomic E-state index is 13.0. The van der Waals surface area contributed by atoms with E-state index in [0.29, 0.717) is 30.0 Å². The lowest BCUT2D eigenvalue weighted by atomic mass is 9.97. The lowest BCUT2D eigenvalue weighted by Crippen LogP contribution is -2.32. The number of rotatable bonds is 7. The monoisotopic (exact) mass is 409 g/mol. The molecule has 1 fully saturated rings. The van der Waals surface area contributed by atoms with E-state index in [-0.39, 0.29) is 11.3 Å². The SMILES string of the molecule is COc1ccc(C)cc1/C(O)=C1\C(=O)C(=O)N(CCCN(C)C)C1c1ccccn1. The van der Waals surface area contributed by atoms with Gasteiger partial charge in [0.1, 0.15) is 17.6 Å². The van der Waals surface area contributed by atoms with Crippen molar-refractivity contribution in [1.29, 1.82) is 0 Å². The van der Waals surface area contributed by atoms with Crippen LogP contribution >= 0.6 is 0 Å². The van der Waals surface area contributed by atoms with E-state index in [0.717, 1.165) is 12.1 Å². The number of aryl methyl sites for hydroxylation is 1. The maximum atomic E-state index is 13.0. The van der Waals surface area contributed by atoms with Gasteiger partial charge in [-0.05, 0) is 58.3 Å². The summed E-state index contributed by atoms with van der Waals surface area (Å²) in [7, 11) is 5.40. The van der Waals surface area contributed by atoms with Gasteiger partial charge in [-0.15, -0.1) is 0 Å². The number of aliphatic hydroxyl groups excluding tert-OH is 1. The van der Waals surface area contributed by atoms with Crippen molar-refractivity contribution in [3.05, 3.63) is 65.0 Å². The number of aromatic nitrogens is 1. The van der Waals surface area contributed by atoms with Gasteiger partial charge >= 0.3 is 0 Å². The Morgan fingerprint density at radius 2 is 2.00 bits per heavy atom. The molecule has 1 aliphatic rings. The molecule has 1 aromatic heterocycles. The van der Waals surface area contributed by atoms with Crippen LogP contribution < -0.4 is 4.74 Å². The number of carbonyl (C=O) groups is 2. The summed E-state index contributed by atoms with van der Waals surface area (Å²) in [4.78, 5) is 33.8. The highest BCUT2D eigenvalue weighted by Crippen LogP contribution is 2.40. The highest BCUT2D eigenvalue weighted by molar-refractivity contribution is 6.46. The number of ketones is 1. The molecule has 0 bridgehead atoms. The van der Waals surface area contributed by atoms with Gasteiger partial charge in [-0.1, -0.05) is 17.7 Å². The minimum absolute atomic E-state index is 0.0347. The zero-order chi connectivity index (χ0) is 21.8. The number of aliphatic hydroxyl groups is 1. The van der Waals surface area contributed by atoms with Gasteiger partial charge in [-0.2, -0.15) is 0 Å². The van der Waals surface area contributed by atoms with Crippen LogP contribution in [0.4, 0.5) is 0 Å². The second-order valence-corrected chi connectivity index (χ2v) is 7.61. The maximum Gasteiger partial charge on any atom is 0.295 e. The molecule has 0 radical (unpaired) electrons. The summed E-state index contributed by atoms with van der Waals surface area (Å²) < 4.78 is 5.38. The molecule has 1 unspecified atom stereocenters. The first kappa shape index (κ1) is 21.5. The molecule has 1 N–H and O–H groups in total. The summed E-state index contributed by atoms with van der Waals surface area (Å²) in [6.45, 7) is 3.03. The van der Waals surface area contributed by atoms with E-state index in [2.05, 4.69) is 4.98 Å². The number of benzene rings is 1. The summed E-state index contributed by atoms with van der Waals surface area (Å²) in [5, 5.41) is 11.2. The standard InChI is InChI=1S/C23H27N3O4/c1-15-9-10-18(30-4)16(14-15)21(27)19-20(17-8-5-6-11-24-17)26(23(29)22(19)28)13-7-12-25(2)3/h5-6,8-11,14,20,27H,7,12-13H2,1-4H3/b21-19+. The van der Waals surface area contributed by atoms with Gasteiger partial charge in [0.05, 0.1) is 23.9 Å². The van der Waals surface area contributed by atoms with Crippen molar-refractivity contribution in [1.82, 2.24) is 14.8 Å². The molecule has 1 saturated heterocycles. The van der Waals surface area contributed by atoms with E-state index in [1.165, 1.54) is 12.0 Å². The van der Waals surface area contributed by atoms with E-state index in [1.807, 2.05) is 32.0 Å². The van der Waals surface area contributed by atoms with Crippen molar-refractivity contribution in [2.75, 3.05) is 34.3 Å². The van der Waals surface area contributed by atoms with Crippen LogP contribution in [0.2, 0.25) is 0 Å². The normalized spacial score (nSPS) is 18.3. The van der Waals surface area contributed by atoms with Crippen molar-refractivity contribution in [3.8, 4) is 5.75 Å². The number of methoxy groups -OCH3 is 1. The molecule has 158 valence electrons. The summed E-state index contributed by atoms with van der Waals surface area (Å²) in [6.07, 6.45) is 2.31. The third kappa shape index (κ3) is 4.21. The van der Waals surface area contributed by atoms with Crippen molar-refractivity contribution >= 4 is 17.4 Å². The Bertz CT molecular complexity index is 970. The van der Waals surface area contributed by atoms with Crippen LogP contribution in [0.15, 0.2) is 48.2 Å². The minimum atomic E-state index is -0.751. The lowest BCUT2D eigenvalue weighted by molar-refractivity contribution is -0.140. The first-order valence-electron chi connectivity index (χ1n) is 9.84. The Hall–Kier alpha value is -3.19. The minimum Gasteiger partial charge on any atom is -0.507 e. The Labute approximate surface area is 176 Å². The summed E-state index contributed by atoms with van der Waals surface area (Å²) in [5.74, 6) is -1.16. The molecule has 7 nitrogen and oxygen atoms in total. The number of hydrogen-bond donors (Lipinski definition) is 1. The van der Waals surface area contributed by atoms with Crippen LogP contribution in [0.25, 0.3) is 5.76 Å². The van der Waals surface area contributed by atoms with E-state index >= 15 is 0 Å². The molecule has 2 aromatic rings. The van der Waals surface area contributed by atoms with E-state index in [1.54, 1.807) is 36.5 Å². The lowest BCUT2D eigenvalue weighted by Gasteiger charge is -2.25. The zero-order valence-electron chi connectivity index (χ0n) is 17.8. The van der Waals surface area contributed by atoms with Gasteiger partial charge in [-0.25, -0.2) is 0 Å². The fourth-order valence-electron chi connectivity index (χ4n) is 3.67. The van der Waals surface area contributed by atoms with Gasteiger partial charge in [0.15, 0.2) is 0 Å². The molecule has 0 saturated carbocycles. The number of likely N-dealkylation sites (tertiary alicyclic amines) is 1. The average Bonchev–Trinajstić information content (AvgIpc) is 2.98. The molecule has 0 spiro atoms. The van der Waals surface area contributed by atoms with Gasteiger partial charge in [-0.3, -0.25) is 14.6 Å². The van der Waals surface area contributed by atoms with Crippen LogP contribution in [-0.2, 0) is 9.59 Å². The van der Waals surface area contributed by atoms with Gasteiger partial charge in [0.2, 0.25) is 0 Å². The number of hydrogen-bond acceptors (Lipinski definition) is 6. The number of Topliss-reactive ketones (excluding diaryl/α,β-unsaturated/α-hetero) is 1. The number of nitrogens with zero attached hydrogens (tertiary/aromatic N) is 3. The van der Waals surface area contributed by atoms with Crippen LogP contribution in [0.1, 0.15) is 29.3 Å². The van der Waals surface area contributed by atoms with Gasteiger partial charge in [0, 0.05) is 12.7 Å². The van der Waals surface area contributed by atoms with Crippen LogP contribution in [-0.4, -0.2) is 65.9 Å². The van der Waals surface area contributed by atoms with Crippen molar-refractivity contribution in [2.24, 2.45) is 0 Å². The molecule has 7 heteroatoms. The van der Waals surface area contributed by atoms with E-state index < -0.39 is 17.7 Å². The molecule has 2 heterocycles. The van der Waals surface area contributed by atoms with Crippen LogP contribution in [0.5, 0.6) is 5.75 Å². The summed E-state index contributed by atoms with van der Waals surface area (Å²) >= 11 is 0. The highest BCUT2D eigenvalue weighted by atomic mass is 16.5. The Balaban J connectivity index is 2.13. The first-order valence-corrected chi connectivity index (χ1v) is 9.84. The zero-order valence-corrected chi connectivity index (χ0v) is 17.8. The van der Waals surface area contributed by atoms with Gasteiger partial charge < -0.3 is 19.6 Å². The van der Waals surface area contributed by atoms with Crippen molar-refractivity contribution in [3.63, 3.8) is 0 Å². The first-order chi connectivity index (χ1) is 14.3. The molecule has 1 aromatic carbocycles. The smallest absolute Gasteiger partial charge is 0.295 e. The predicted octanol–water partition coefficient (Wildman–Crippen LogP) is 2.77. The van der Waals surface area contributed by atoms with Crippen molar-refractivity contribution in [2.45, 2.75) is 19.4 Å². The third-order valence-corrected chi connectivity index (χ3v) is 5.12. The molecular formula is C23H27N3O4. The number of pyridine rings is 1. The number of carbonyl (C=O) groups excluding carboxylic acids is 2. The molecule has 3 rings (SSSR count). The van der Waals surface area contributed by atoms with E-state index in [4.69, 9.17) is 4.74 Å². The molecule has 0 aliphatic carbocycles. The molecule has 30 heavy (non-hydrogen) atoms. The summed E-state index contributed by atoms with van der Waals surface area (Å²) in [5.41, 5.74) is 1.85. The van der Waals surface area contributed by atoms with Crippen molar-refractivity contribution < 1.29 is 19.4 Å². The Morgan fingerprint density at radius 1 is 1.23 bits per heavy atom. The highest BCUT2D eigenvalue weighted by Gasteiger charge is 2.46. The summed E-state index contributed by atoms with van der Waals surface area (Å²) in [6, 6.07) is 9.90. The molecule has 1 atom stereocenters. The molecule has 1 amide bonds. The second kappa shape index (κ2) is 9.09. The van der Waals surface area contributed by atoms with Crippen LogP contribution in [0.3, 0.4) is 0 Å². The topological polar surface area (TPSA) is 83.0 Å². The van der Waals surface area contributed by atoms with E-state index in [9.17, 15) is 14.7 Å².